The van der Waals surface area contributed by atoms with Gasteiger partial charge in [0.15, 0.2) is 11.5 Å². The molecule has 6 nitrogen and oxygen atoms in total. The zero-order chi connectivity index (χ0) is 20.0. The zero-order valence-corrected chi connectivity index (χ0v) is 16.4. The normalized spacial score (nSPS) is 10.9. The van der Waals surface area contributed by atoms with Crippen molar-refractivity contribution in [2.24, 2.45) is 0 Å². The lowest BCUT2D eigenvalue weighted by Gasteiger charge is -2.12. The summed E-state index contributed by atoms with van der Waals surface area (Å²) in [4.78, 5) is 24.1. The molecular weight excluding hydrogens is 391 g/mol. The molecule has 2 rings (SSSR count). The van der Waals surface area contributed by atoms with Crippen LogP contribution in [-0.4, -0.2) is 26.0 Å². The summed E-state index contributed by atoms with van der Waals surface area (Å²) in [6.45, 7) is 1.31. The highest BCUT2D eigenvalue weighted by Crippen LogP contribution is 2.28. The number of anilines is 1. The van der Waals surface area contributed by atoms with Crippen LogP contribution in [0.1, 0.15) is 12.5 Å². The van der Waals surface area contributed by atoms with E-state index in [4.69, 9.17) is 32.7 Å². The van der Waals surface area contributed by atoms with Gasteiger partial charge >= 0.3 is 0 Å². The van der Waals surface area contributed by atoms with Gasteiger partial charge in [0, 0.05) is 22.7 Å². The van der Waals surface area contributed by atoms with Gasteiger partial charge in [-0.15, -0.1) is 0 Å². The molecule has 2 aromatic carbocycles. The molecule has 142 valence electrons. The molecule has 2 aromatic rings. The van der Waals surface area contributed by atoms with Crippen LogP contribution in [0.4, 0.5) is 5.69 Å². The van der Waals surface area contributed by atoms with Crippen molar-refractivity contribution in [2.75, 3.05) is 19.5 Å². The summed E-state index contributed by atoms with van der Waals surface area (Å²) < 4.78 is 10.4. The van der Waals surface area contributed by atoms with E-state index in [0.717, 1.165) is 0 Å². The van der Waals surface area contributed by atoms with Crippen LogP contribution in [0.25, 0.3) is 6.08 Å². The van der Waals surface area contributed by atoms with Crippen molar-refractivity contribution in [3.8, 4) is 11.5 Å². The second kappa shape index (κ2) is 9.30. The molecule has 0 radical (unpaired) electrons. The SMILES string of the molecule is COc1ccc(/C=C(\NC(C)=O)C(=O)Nc2cc(Cl)cc(Cl)c2)cc1OC. The van der Waals surface area contributed by atoms with E-state index in [1.165, 1.54) is 27.2 Å². The van der Waals surface area contributed by atoms with Gasteiger partial charge < -0.3 is 20.1 Å². The first kappa shape index (κ1) is 20.6. The molecule has 0 aliphatic rings. The second-order valence-corrected chi connectivity index (χ2v) is 6.34. The van der Waals surface area contributed by atoms with Crippen molar-refractivity contribution in [1.29, 1.82) is 0 Å². The van der Waals surface area contributed by atoms with Crippen molar-refractivity contribution in [3.63, 3.8) is 0 Å². The first-order valence-corrected chi connectivity index (χ1v) is 8.56. The number of nitrogens with one attached hydrogen (secondary N) is 2. The number of rotatable bonds is 6. The lowest BCUT2D eigenvalue weighted by molar-refractivity contribution is -0.120. The first-order chi connectivity index (χ1) is 12.8. The Labute approximate surface area is 167 Å². The minimum absolute atomic E-state index is 0.0471. The Balaban J connectivity index is 2.34. The maximum Gasteiger partial charge on any atom is 0.272 e. The van der Waals surface area contributed by atoms with Crippen LogP contribution in [0.2, 0.25) is 10.0 Å². The third kappa shape index (κ3) is 5.91. The number of amides is 2. The molecule has 0 aliphatic carbocycles. The van der Waals surface area contributed by atoms with Gasteiger partial charge in [0.05, 0.1) is 14.2 Å². The summed E-state index contributed by atoms with van der Waals surface area (Å²) in [6, 6.07) is 9.76. The van der Waals surface area contributed by atoms with Crippen LogP contribution in [0.5, 0.6) is 11.5 Å². The minimum Gasteiger partial charge on any atom is -0.493 e. The quantitative estimate of drug-likeness (QED) is 0.704. The highest BCUT2D eigenvalue weighted by Gasteiger charge is 2.13. The summed E-state index contributed by atoms with van der Waals surface area (Å²) in [7, 11) is 3.04. The monoisotopic (exact) mass is 408 g/mol. The Hall–Kier alpha value is -2.70. The molecule has 27 heavy (non-hydrogen) atoms. The molecule has 2 N–H and O–H groups in total. The maximum absolute atomic E-state index is 12.6. The van der Waals surface area contributed by atoms with E-state index in [1.54, 1.807) is 36.4 Å². The lowest BCUT2D eigenvalue weighted by atomic mass is 10.1. The van der Waals surface area contributed by atoms with Crippen LogP contribution in [0.15, 0.2) is 42.1 Å². The van der Waals surface area contributed by atoms with Crippen molar-refractivity contribution in [1.82, 2.24) is 5.32 Å². The standard InChI is InChI=1S/C19H18Cl2N2O4/c1-11(24)22-16(6-12-4-5-17(26-2)18(7-12)27-3)19(25)23-15-9-13(20)8-14(21)10-15/h4-10H,1-3H3,(H,22,24)(H,23,25)/b16-6-. The smallest absolute Gasteiger partial charge is 0.272 e. The van der Waals surface area contributed by atoms with Crippen molar-refractivity contribution in [3.05, 3.63) is 57.7 Å². The fourth-order valence-electron chi connectivity index (χ4n) is 2.28. The predicted molar refractivity (Wildman–Crippen MR) is 106 cm³/mol. The van der Waals surface area contributed by atoms with E-state index >= 15 is 0 Å². The van der Waals surface area contributed by atoms with Gasteiger partial charge in [-0.25, -0.2) is 0 Å². The predicted octanol–water partition coefficient (Wildman–Crippen LogP) is 4.13. The summed E-state index contributed by atoms with van der Waals surface area (Å²) >= 11 is 11.9. The fourth-order valence-corrected chi connectivity index (χ4v) is 2.81. The molecule has 0 saturated carbocycles. The number of hydrogen-bond acceptors (Lipinski definition) is 4. The summed E-state index contributed by atoms with van der Waals surface area (Å²) in [5.74, 6) is 0.128. The van der Waals surface area contributed by atoms with E-state index in [-0.39, 0.29) is 11.6 Å². The maximum atomic E-state index is 12.6. The van der Waals surface area contributed by atoms with Gasteiger partial charge in [-0.3, -0.25) is 9.59 Å². The molecule has 0 aromatic heterocycles. The van der Waals surface area contributed by atoms with E-state index < -0.39 is 5.91 Å². The summed E-state index contributed by atoms with van der Waals surface area (Å²) in [5.41, 5.74) is 1.09. The number of benzene rings is 2. The number of hydrogen-bond donors (Lipinski definition) is 2. The topological polar surface area (TPSA) is 76.7 Å². The van der Waals surface area contributed by atoms with Crippen LogP contribution >= 0.6 is 23.2 Å². The number of ether oxygens (including phenoxy) is 2. The number of carbonyl (C=O) groups excluding carboxylic acids is 2. The van der Waals surface area contributed by atoms with Gasteiger partial charge in [0.25, 0.3) is 5.91 Å². The Morgan fingerprint density at radius 2 is 1.59 bits per heavy atom. The molecule has 0 bridgehead atoms. The molecule has 0 fully saturated rings. The molecule has 8 heteroatoms. The number of carbonyl (C=O) groups is 2. The van der Waals surface area contributed by atoms with Gasteiger partial charge in [0.2, 0.25) is 5.91 Å². The van der Waals surface area contributed by atoms with Crippen LogP contribution < -0.4 is 20.1 Å². The van der Waals surface area contributed by atoms with E-state index in [0.29, 0.717) is 32.8 Å². The van der Waals surface area contributed by atoms with E-state index in [1.807, 2.05) is 0 Å². The molecule has 2 amide bonds. The third-order valence-electron chi connectivity index (χ3n) is 3.39. The summed E-state index contributed by atoms with van der Waals surface area (Å²) in [6.07, 6.45) is 1.52. The third-order valence-corrected chi connectivity index (χ3v) is 3.83. The Morgan fingerprint density at radius 3 is 2.15 bits per heavy atom. The Kier molecular flexibility index (Phi) is 7.10. The molecule has 0 unspecified atom stereocenters. The highest BCUT2D eigenvalue weighted by atomic mass is 35.5. The Morgan fingerprint density at radius 1 is 0.963 bits per heavy atom. The molecule has 0 aliphatic heterocycles. The molecule has 0 heterocycles. The lowest BCUT2D eigenvalue weighted by Crippen LogP contribution is -2.28. The van der Waals surface area contributed by atoms with Crippen LogP contribution in [0, 0.1) is 0 Å². The van der Waals surface area contributed by atoms with Crippen molar-refractivity contribution in [2.45, 2.75) is 6.92 Å². The number of methoxy groups -OCH3 is 2. The molecule has 0 atom stereocenters. The fraction of sp³-hybridized carbons (Fsp3) is 0.158. The molecule has 0 saturated heterocycles. The zero-order valence-electron chi connectivity index (χ0n) is 14.9. The largest absolute Gasteiger partial charge is 0.493 e. The van der Waals surface area contributed by atoms with Gasteiger partial charge in [-0.1, -0.05) is 29.3 Å². The second-order valence-electron chi connectivity index (χ2n) is 5.47. The van der Waals surface area contributed by atoms with Crippen LogP contribution in [0.3, 0.4) is 0 Å². The summed E-state index contributed by atoms with van der Waals surface area (Å²) in [5, 5.41) is 5.92. The van der Waals surface area contributed by atoms with Gasteiger partial charge in [-0.05, 0) is 42.0 Å². The Bertz CT molecular complexity index is 877. The van der Waals surface area contributed by atoms with Crippen molar-refractivity contribution < 1.29 is 19.1 Å². The van der Waals surface area contributed by atoms with E-state index in [9.17, 15) is 9.59 Å². The number of halogens is 2. The van der Waals surface area contributed by atoms with E-state index in [2.05, 4.69) is 10.6 Å². The van der Waals surface area contributed by atoms with Crippen molar-refractivity contribution >= 4 is 46.8 Å². The highest BCUT2D eigenvalue weighted by molar-refractivity contribution is 6.35. The first-order valence-electron chi connectivity index (χ1n) is 7.81. The van der Waals surface area contributed by atoms with Gasteiger partial charge in [0.1, 0.15) is 5.70 Å². The molecular formula is C19H18Cl2N2O4. The minimum atomic E-state index is -0.529. The van der Waals surface area contributed by atoms with Gasteiger partial charge in [-0.2, -0.15) is 0 Å². The average Bonchev–Trinajstić information content (AvgIpc) is 2.59. The molecule has 0 spiro atoms. The average molecular weight is 409 g/mol. The van der Waals surface area contributed by atoms with Crippen LogP contribution in [-0.2, 0) is 9.59 Å².